The summed E-state index contributed by atoms with van der Waals surface area (Å²) in [6.07, 6.45) is 2.76. The summed E-state index contributed by atoms with van der Waals surface area (Å²) >= 11 is 5.97. The number of hydrogen-bond donors (Lipinski definition) is 1. The highest BCUT2D eigenvalue weighted by Gasteiger charge is 2.40. The van der Waals surface area contributed by atoms with Crippen molar-refractivity contribution in [3.05, 3.63) is 71.4 Å². The summed E-state index contributed by atoms with van der Waals surface area (Å²) in [6, 6.07) is 14.3. The lowest BCUT2D eigenvalue weighted by Gasteiger charge is -2.33. The minimum Gasteiger partial charge on any atom is -0.356 e. The number of sulfonamides is 1. The predicted octanol–water partition coefficient (Wildman–Crippen LogP) is 4.49. The zero-order valence-electron chi connectivity index (χ0n) is 18.5. The Bertz CT molecular complexity index is 1210. The summed E-state index contributed by atoms with van der Waals surface area (Å²) in [7, 11) is -3.98. The van der Waals surface area contributed by atoms with E-state index in [1.54, 1.807) is 12.3 Å². The number of carbonyl (C=O) groups excluding carboxylic acids is 1. The van der Waals surface area contributed by atoms with Crippen molar-refractivity contribution < 1.29 is 17.7 Å². The van der Waals surface area contributed by atoms with Gasteiger partial charge in [-0.1, -0.05) is 54.9 Å². The van der Waals surface area contributed by atoms with Gasteiger partial charge >= 0.3 is 0 Å². The van der Waals surface area contributed by atoms with Gasteiger partial charge in [0.05, 0.1) is 11.1 Å². The number of nitrogens with zero attached hydrogens (tertiary/aromatic N) is 2. The minimum atomic E-state index is -3.98. The van der Waals surface area contributed by atoms with Crippen molar-refractivity contribution in [2.45, 2.75) is 44.2 Å². The van der Waals surface area contributed by atoms with E-state index in [1.807, 2.05) is 24.3 Å². The van der Waals surface area contributed by atoms with Crippen LogP contribution in [0.2, 0.25) is 5.02 Å². The molecule has 1 fully saturated rings. The Kier molecular flexibility index (Phi) is 6.61. The van der Waals surface area contributed by atoms with Gasteiger partial charge in [0.2, 0.25) is 15.9 Å². The summed E-state index contributed by atoms with van der Waals surface area (Å²) in [6.45, 7) is 4.68. The minimum absolute atomic E-state index is 0.0514. The summed E-state index contributed by atoms with van der Waals surface area (Å²) in [4.78, 5) is 13.1. The van der Waals surface area contributed by atoms with Crippen molar-refractivity contribution in [1.29, 1.82) is 0 Å². The first-order valence-electron chi connectivity index (χ1n) is 10.7. The number of carbonyl (C=O) groups is 1. The van der Waals surface area contributed by atoms with Crippen molar-refractivity contribution in [2.75, 3.05) is 6.54 Å². The van der Waals surface area contributed by atoms with E-state index in [4.69, 9.17) is 16.1 Å². The first-order chi connectivity index (χ1) is 15.7. The number of amides is 1. The number of nitrogens with one attached hydrogen (secondary N) is 1. The van der Waals surface area contributed by atoms with E-state index in [0.717, 1.165) is 17.5 Å². The maximum Gasteiger partial charge on any atom is 0.244 e. The van der Waals surface area contributed by atoms with E-state index >= 15 is 0 Å². The fourth-order valence-electron chi connectivity index (χ4n) is 4.02. The van der Waals surface area contributed by atoms with E-state index in [0.29, 0.717) is 23.7 Å². The monoisotopic (exact) mass is 487 g/mol. The van der Waals surface area contributed by atoms with Crippen LogP contribution in [0.5, 0.6) is 0 Å². The molecule has 4 rings (SSSR count). The first kappa shape index (κ1) is 23.5. The maximum atomic E-state index is 13.7. The van der Waals surface area contributed by atoms with Gasteiger partial charge in [0.15, 0.2) is 5.76 Å². The van der Waals surface area contributed by atoms with Crippen molar-refractivity contribution in [1.82, 2.24) is 14.8 Å². The molecule has 0 spiro atoms. The Balaban J connectivity index is 1.72. The van der Waals surface area contributed by atoms with Gasteiger partial charge in [0.25, 0.3) is 0 Å². The second-order valence-corrected chi connectivity index (χ2v) is 11.3. The molecule has 174 valence electrons. The molecule has 33 heavy (non-hydrogen) atoms. The Hall–Kier alpha value is -2.68. The summed E-state index contributed by atoms with van der Waals surface area (Å²) in [5.74, 6) is 0.341. The van der Waals surface area contributed by atoms with Crippen LogP contribution in [0.15, 0.2) is 70.2 Å². The average molecular weight is 488 g/mol. The van der Waals surface area contributed by atoms with Gasteiger partial charge in [-0.15, -0.1) is 0 Å². The second-order valence-electron chi connectivity index (χ2n) is 9.00. The number of aromatic nitrogens is 1. The van der Waals surface area contributed by atoms with Crippen LogP contribution >= 0.6 is 11.6 Å². The maximum absolute atomic E-state index is 13.7. The van der Waals surface area contributed by atoms with Crippen LogP contribution in [0, 0.1) is 5.41 Å². The first-order valence-corrected chi connectivity index (χ1v) is 12.5. The van der Waals surface area contributed by atoms with Gasteiger partial charge in [-0.2, -0.15) is 4.31 Å². The smallest absolute Gasteiger partial charge is 0.244 e. The van der Waals surface area contributed by atoms with Crippen LogP contribution in [0.1, 0.15) is 32.3 Å². The number of halogens is 1. The number of benzene rings is 2. The molecule has 3 aromatic rings. The molecule has 0 saturated carbocycles. The molecule has 1 amide bonds. The van der Waals surface area contributed by atoms with Crippen LogP contribution in [-0.4, -0.2) is 36.4 Å². The van der Waals surface area contributed by atoms with Crippen LogP contribution in [0.3, 0.4) is 0 Å². The lowest BCUT2D eigenvalue weighted by Crippen LogP contribution is -2.49. The molecule has 2 aromatic carbocycles. The summed E-state index contributed by atoms with van der Waals surface area (Å²) < 4.78 is 34.0. The summed E-state index contributed by atoms with van der Waals surface area (Å²) in [5, 5.41) is 7.05. The van der Waals surface area contributed by atoms with E-state index in [9.17, 15) is 13.2 Å². The van der Waals surface area contributed by atoms with Crippen LogP contribution in [0.25, 0.3) is 11.3 Å². The molecule has 1 atom stereocenters. The lowest BCUT2D eigenvalue weighted by atomic mass is 9.83. The topological polar surface area (TPSA) is 92.5 Å². The highest BCUT2D eigenvalue weighted by molar-refractivity contribution is 7.89. The van der Waals surface area contributed by atoms with Gasteiger partial charge in [-0.25, -0.2) is 8.42 Å². The quantitative estimate of drug-likeness (QED) is 0.553. The Morgan fingerprint density at radius 1 is 1.12 bits per heavy atom. The van der Waals surface area contributed by atoms with Crippen LogP contribution in [-0.2, 0) is 21.4 Å². The van der Waals surface area contributed by atoms with Crippen molar-refractivity contribution in [3.8, 4) is 11.3 Å². The fraction of sp³-hybridized carbons (Fsp3) is 0.333. The van der Waals surface area contributed by atoms with E-state index < -0.39 is 16.1 Å². The van der Waals surface area contributed by atoms with Crippen molar-refractivity contribution in [3.63, 3.8) is 0 Å². The van der Waals surface area contributed by atoms with Crippen LogP contribution in [0.4, 0.5) is 0 Å². The number of rotatable bonds is 6. The predicted molar refractivity (Wildman–Crippen MR) is 126 cm³/mol. The van der Waals surface area contributed by atoms with Gasteiger partial charge in [0, 0.05) is 29.7 Å². The molecule has 1 saturated heterocycles. The van der Waals surface area contributed by atoms with Gasteiger partial charge < -0.3 is 9.84 Å². The Labute approximate surface area is 198 Å². The highest BCUT2D eigenvalue weighted by atomic mass is 35.5. The third-order valence-electron chi connectivity index (χ3n) is 5.93. The third kappa shape index (κ3) is 5.29. The molecule has 1 aliphatic rings. The van der Waals surface area contributed by atoms with Crippen molar-refractivity contribution in [2.24, 2.45) is 5.41 Å². The van der Waals surface area contributed by atoms with Gasteiger partial charge in [-0.05, 0) is 48.1 Å². The highest BCUT2D eigenvalue weighted by Crippen LogP contribution is 2.34. The van der Waals surface area contributed by atoms with E-state index in [1.165, 1.54) is 28.6 Å². The molecule has 9 heteroatoms. The summed E-state index contributed by atoms with van der Waals surface area (Å²) in [5.41, 5.74) is 1.38. The molecule has 1 aromatic heterocycles. The molecule has 1 N–H and O–H groups in total. The molecule has 0 unspecified atom stereocenters. The zero-order valence-corrected chi connectivity index (χ0v) is 20.1. The molecule has 7 nitrogen and oxygen atoms in total. The van der Waals surface area contributed by atoms with Crippen LogP contribution < -0.4 is 5.32 Å². The second kappa shape index (κ2) is 9.29. The number of hydrogen-bond acceptors (Lipinski definition) is 5. The SMILES string of the molecule is CC1(C)CCNC(=O)[C@H](N(Cc2ccc(-c3ccno3)cc2)S(=O)(=O)c2ccc(Cl)cc2)C1. The third-order valence-corrected chi connectivity index (χ3v) is 8.05. The molecular formula is C24H26ClN3O4S. The molecule has 0 radical (unpaired) electrons. The largest absolute Gasteiger partial charge is 0.356 e. The normalized spacial score (nSPS) is 18.7. The molecular weight excluding hydrogens is 462 g/mol. The standard InChI is InChI=1S/C24H26ClN3O4S/c1-24(2)12-14-26-23(29)21(15-24)28(33(30,31)20-9-7-19(25)8-10-20)16-17-3-5-18(6-4-17)22-11-13-27-32-22/h3-11,13,21H,12,14-16H2,1-2H3,(H,26,29)/t21-/m1/s1. The Morgan fingerprint density at radius 3 is 2.45 bits per heavy atom. The molecule has 0 aliphatic carbocycles. The lowest BCUT2D eigenvalue weighted by molar-refractivity contribution is -0.125. The van der Waals surface area contributed by atoms with E-state index in [-0.39, 0.29) is 22.8 Å². The van der Waals surface area contributed by atoms with Gasteiger partial charge in [-0.3, -0.25) is 4.79 Å². The van der Waals surface area contributed by atoms with E-state index in [2.05, 4.69) is 24.3 Å². The molecule has 0 bridgehead atoms. The van der Waals surface area contributed by atoms with Crippen molar-refractivity contribution >= 4 is 27.5 Å². The van der Waals surface area contributed by atoms with Gasteiger partial charge in [0.1, 0.15) is 6.04 Å². The Morgan fingerprint density at radius 2 is 1.82 bits per heavy atom. The fourth-order valence-corrected chi connectivity index (χ4v) is 5.72. The molecule has 1 aliphatic heterocycles. The average Bonchev–Trinajstić information content (AvgIpc) is 3.27. The zero-order chi connectivity index (χ0) is 23.6. The molecule has 2 heterocycles.